The molecule has 0 saturated carbocycles. The number of para-hydroxylation sites is 1. The molecule has 0 bridgehead atoms. The van der Waals surface area contributed by atoms with Crippen LogP contribution in [-0.4, -0.2) is 26.3 Å². The highest BCUT2D eigenvalue weighted by Crippen LogP contribution is 2.20. The third-order valence-electron chi connectivity index (χ3n) is 3.70. The van der Waals surface area contributed by atoms with Crippen molar-refractivity contribution >= 4 is 5.97 Å². The van der Waals surface area contributed by atoms with Gasteiger partial charge in [-0.2, -0.15) is 0 Å². The zero-order valence-corrected chi connectivity index (χ0v) is 15.0. The second-order valence-corrected chi connectivity index (χ2v) is 5.60. The summed E-state index contributed by atoms with van der Waals surface area (Å²) >= 11 is 0. The second-order valence-electron chi connectivity index (χ2n) is 5.60. The summed E-state index contributed by atoms with van der Waals surface area (Å²) in [6.07, 6.45) is 0. The number of rotatable bonds is 8. The van der Waals surface area contributed by atoms with Crippen molar-refractivity contribution in [2.75, 3.05) is 20.3 Å². The van der Waals surface area contributed by atoms with Gasteiger partial charge < -0.3 is 18.9 Å². The Labute approximate surface area is 158 Å². The number of hydrogen-bond acceptors (Lipinski definition) is 5. The van der Waals surface area contributed by atoms with Gasteiger partial charge in [-0.3, -0.25) is 0 Å². The quantitative estimate of drug-likeness (QED) is 0.337. The molecule has 0 saturated heterocycles. The van der Waals surface area contributed by atoms with Gasteiger partial charge in [-0.15, -0.1) is 0 Å². The number of carbonyl (C=O) groups excluding carboxylic acids is 1. The van der Waals surface area contributed by atoms with Crippen LogP contribution >= 0.6 is 0 Å². The third kappa shape index (κ3) is 5.51. The lowest BCUT2D eigenvalue weighted by Gasteiger charge is -2.10. The molecule has 0 aliphatic heterocycles. The van der Waals surface area contributed by atoms with E-state index >= 15 is 0 Å². The van der Waals surface area contributed by atoms with Crippen molar-refractivity contribution in [3.63, 3.8) is 0 Å². The first-order chi connectivity index (χ1) is 13.2. The fourth-order valence-corrected chi connectivity index (χ4v) is 2.36. The van der Waals surface area contributed by atoms with Crippen molar-refractivity contribution in [3.8, 4) is 23.0 Å². The van der Waals surface area contributed by atoms with E-state index in [1.165, 1.54) is 0 Å². The van der Waals surface area contributed by atoms with Crippen LogP contribution in [0.25, 0.3) is 0 Å². The molecule has 5 heteroatoms. The fraction of sp³-hybridized carbons (Fsp3) is 0.136. The Hall–Kier alpha value is -3.47. The topological polar surface area (TPSA) is 54.0 Å². The minimum absolute atomic E-state index is 0.367. The summed E-state index contributed by atoms with van der Waals surface area (Å²) in [4.78, 5) is 12.3. The molecular weight excluding hydrogens is 344 g/mol. The standard InChI is InChI=1S/C22H20O5/c1-24-18-10-12-20(13-11-18)27-22(23)17-6-5-9-21(16-17)26-15-14-25-19-7-3-2-4-8-19/h2-13,16H,14-15H2,1H3. The highest BCUT2D eigenvalue weighted by atomic mass is 16.5. The van der Waals surface area contributed by atoms with Crippen LogP contribution < -0.4 is 18.9 Å². The molecule has 3 aromatic rings. The molecule has 0 aliphatic carbocycles. The van der Waals surface area contributed by atoms with E-state index < -0.39 is 5.97 Å². The molecule has 0 aromatic heterocycles. The van der Waals surface area contributed by atoms with Crippen molar-refractivity contribution in [1.29, 1.82) is 0 Å². The summed E-state index contributed by atoms with van der Waals surface area (Å²) in [5, 5.41) is 0. The van der Waals surface area contributed by atoms with Crippen LogP contribution in [0.2, 0.25) is 0 Å². The van der Waals surface area contributed by atoms with Crippen LogP contribution in [0.1, 0.15) is 10.4 Å². The molecule has 0 heterocycles. The molecule has 0 fully saturated rings. The highest BCUT2D eigenvalue weighted by molar-refractivity contribution is 5.91. The fourth-order valence-electron chi connectivity index (χ4n) is 2.36. The van der Waals surface area contributed by atoms with E-state index in [4.69, 9.17) is 18.9 Å². The van der Waals surface area contributed by atoms with Crippen molar-refractivity contribution in [3.05, 3.63) is 84.4 Å². The number of benzene rings is 3. The first-order valence-corrected chi connectivity index (χ1v) is 8.51. The summed E-state index contributed by atoms with van der Waals surface area (Å²) in [6, 6.07) is 23.2. The summed E-state index contributed by atoms with van der Waals surface area (Å²) in [7, 11) is 1.58. The lowest BCUT2D eigenvalue weighted by molar-refractivity contribution is 0.0734. The van der Waals surface area contributed by atoms with Crippen LogP contribution in [0, 0.1) is 0 Å². The minimum atomic E-state index is -0.453. The molecule has 3 aromatic carbocycles. The average Bonchev–Trinajstić information content (AvgIpc) is 2.73. The molecule has 27 heavy (non-hydrogen) atoms. The molecule has 0 atom stereocenters. The zero-order valence-electron chi connectivity index (χ0n) is 15.0. The van der Waals surface area contributed by atoms with Crippen molar-refractivity contribution < 1.29 is 23.7 Å². The maximum atomic E-state index is 12.3. The normalized spacial score (nSPS) is 10.1. The predicted molar refractivity (Wildman–Crippen MR) is 102 cm³/mol. The Balaban J connectivity index is 1.52. The van der Waals surface area contributed by atoms with E-state index in [0.29, 0.717) is 36.0 Å². The Morgan fingerprint density at radius 3 is 2.04 bits per heavy atom. The molecule has 0 unspecified atom stereocenters. The van der Waals surface area contributed by atoms with E-state index in [2.05, 4.69) is 0 Å². The van der Waals surface area contributed by atoms with Crippen molar-refractivity contribution in [2.45, 2.75) is 0 Å². The van der Waals surface area contributed by atoms with Gasteiger partial charge in [0.05, 0.1) is 12.7 Å². The largest absolute Gasteiger partial charge is 0.497 e. The molecule has 0 radical (unpaired) electrons. The first kappa shape index (κ1) is 18.3. The molecular formula is C22H20O5. The van der Waals surface area contributed by atoms with Crippen molar-refractivity contribution in [2.24, 2.45) is 0 Å². The Morgan fingerprint density at radius 1 is 0.704 bits per heavy atom. The molecule has 5 nitrogen and oxygen atoms in total. The predicted octanol–water partition coefficient (Wildman–Crippen LogP) is 4.37. The van der Waals surface area contributed by atoms with Gasteiger partial charge in [0, 0.05) is 0 Å². The average molecular weight is 364 g/mol. The second kappa shape index (κ2) is 9.29. The van der Waals surface area contributed by atoms with E-state index in [1.807, 2.05) is 30.3 Å². The van der Waals surface area contributed by atoms with Crippen LogP contribution in [0.15, 0.2) is 78.9 Å². The molecule has 0 aliphatic rings. The first-order valence-electron chi connectivity index (χ1n) is 8.51. The van der Waals surface area contributed by atoms with E-state index in [0.717, 1.165) is 5.75 Å². The van der Waals surface area contributed by atoms with Gasteiger partial charge >= 0.3 is 5.97 Å². The van der Waals surface area contributed by atoms with Gasteiger partial charge in [0.1, 0.15) is 36.2 Å². The van der Waals surface area contributed by atoms with Crippen LogP contribution in [0.5, 0.6) is 23.0 Å². The lowest BCUT2D eigenvalue weighted by Crippen LogP contribution is -2.11. The van der Waals surface area contributed by atoms with Gasteiger partial charge in [-0.1, -0.05) is 24.3 Å². The van der Waals surface area contributed by atoms with Crippen molar-refractivity contribution in [1.82, 2.24) is 0 Å². The van der Waals surface area contributed by atoms with E-state index in [-0.39, 0.29) is 0 Å². The summed E-state index contributed by atoms with van der Waals surface area (Å²) in [5.41, 5.74) is 0.410. The maximum Gasteiger partial charge on any atom is 0.343 e. The Kier molecular flexibility index (Phi) is 6.30. The molecule has 0 amide bonds. The van der Waals surface area contributed by atoms with E-state index in [9.17, 15) is 4.79 Å². The van der Waals surface area contributed by atoms with Gasteiger partial charge in [-0.25, -0.2) is 4.79 Å². The molecule has 138 valence electrons. The van der Waals surface area contributed by atoms with E-state index in [1.54, 1.807) is 55.6 Å². The zero-order chi connectivity index (χ0) is 18.9. The van der Waals surface area contributed by atoms with Crippen LogP contribution in [0.3, 0.4) is 0 Å². The number of ether oxygens (including phenoxy) is 4. The summed E-state index contributed by atoms with van der Waals surface area (Å²) in [5.74, 6) is 2.06. The van der Waals surface area contributed by atoms with Crippen LogP contribution in [-0.2, 0) is 0 Å². The number of esters is 1. The SMILES string of the molecule is COc1ccc(OC(=O)c2cccc(OCCOc3ccccc3)c2)cc1. The highest BCUT2D eigenvalue weighted by Gasteiger charge is 2.10. The number of methoxy groups -OCH3 is 1. The minimum Gasteiger partial charge on any atom is -0.497 e. The Bertz CT molecular complexity index is 859. The monoisotopic (exact) mass is 364 g/mol. The smallest absolute Gasteiger partial charge is 0.343 e. The number of carbonyl (C=O) groups is 1. The lowest BCUT2D eigenvalue weighted by atomic mass is 10.2. The maximum absolute atomic E-state index is 12.3. The molecule has 0 spiro atoms. The number of hydrogen-bond donors (Lipinski definition) is 0. The Morgan fingerprint density at radius 2 is 1.33 bits per heavy atom. The van der Waals surface area contributed by atoms with Gasteiger partial charge in [0.25, 0.3) is 0 Å². The molecule has 3 rings (SSSR count). The van der Waals surface area contributed by atoms with Gasteiger partial charge in [0.2, 0.25) is 0 Å². The molecule has 0 N–H and O–H groups in total. The van der Waals surface area contributed by atoms with Crippen LogP contribution in [0.4, 0.5) is 0 Å². The van der Waals surface area contributed by atoms with Gasteiger partial charge in [-0.05, 0) is 54.6 Å². The summed E-state index contributed by atoms with van der Waals surface area (Å²) in [6.45, 7) is 0.774. The summed E-state index contributed by atoms with van der Waals surface area (Å²) < 4.78 is 21.7. The third-order valence-corrected chi connectivity index (χ3v) is 3.70. The van der Waals surface area contributed by atoms with Gasteiger partial charge in [0.15, 0.2) is 0 Å².